The van der Waals surface area contributed by atoms with Gasteiger partial charge in [-0.1, -0.05) is 18.2 Å². The number of allylic oxidation sites excluding steroid dienone is 1. The Hall–Kier alpha value is -4.19. The highest BCUT2D eigenvalue weighted by atomic mass is 16.6. The number of hydrogen-bond donors (Lipinski definition) is 0. The van der Waals surface area contributed by atoms with Gasteiger partial charge in [0.2, 0.25) is 0 Å². The van der Waals surface area contributed by atoms with Crippen LogP contribution in [0.3, 0.4) is 0 Å². The van der Waals surface area contributed by atoms with Crippen molar-refractivity contribution in [1.29, 1.82) is 0 Å². The summed E-state index contributed by atoms with van der Waals surface area (Å²) in [7, 11) is 0. The van der Waals surface area contributed by atoms with Gasteiger partial charge in [-0.25, -0.2) is 4.68 Å². The number of para-hydroxylation sites is 1. The highest BCUT2D eigenvalue weighted by Gasteiger charge is 2.15. The molecule has 0 saturated heterocycles. The minimum atomic E-state index is -0.124. The van der Waals surface area contributed by atoms with Gasteiger partial charge in [0, 0.05) is 35.3 Å². The number of rotatable bonds is 5. The highest BCUT2D eigenvalue weighted by molar-refractivity contribution is 6.07. The van der Waals surface area contributed by atoms with E-state index in [2.05, 4.69) is 4.98 Å². The average molecular weight is 409 g/mol. The monoisotopic (exact) mass is 409 g/mol. The number of nitrogens with zero attached hydrogens (tertiary/aromatic N) is 3. The molecule has 4 aromatic rings. The van der Waals surface area contributed by atoms with Crippen LogP contribution in [0.1, 0.15) is 15.9 Å². The molecular weight excluding hydrogens is 390 g/mol. The van der Waals surface area contributed by atoms with Crippen LogP contribution in [0.25, 0.3) is 23.0 Å². The maximum atomic E-state index is 12.8. The second-order valence-electron chi connectivity index (χ2n) is 7.01. The Morgan fingerprint density at radius 2 is 1.81 bits per heavy atom. The number of hydrogen-bond acceptors (Lipinski definition) is 5. The third-order valence-electron chi connectivity index (χ3n) is 4.94. The molecule has 0 unspecified atom stereocenters. The van der Waals surface area contributed by atoms with Gasteiger partial charge in [0.05, 0.1) is 5.69 Å². The summed E-state index contributed by atoms with van der Waals surface area (Å²) in [6.45, 7) is 0.996. The minimum Gasteiger partial charge on any atom is -0.486 e. The molecule has 0 saturated carbocycles. The Balaban J connectivity index is 1.48. The SMILES string of the molecule is O=C(/C=C/c1cn(-c2ccccc2)nc1-c1cccnc1)c1ccc2c(c1)OCCO2. The molecule has 0 radical (unpaired) electrons. The van der Waals surface area contributed by atoms with Gasteiger partial charge in [-0.15, -0.1) is 0 Å². The number of pyridine rings is 1. The largest absolute Gasteiger partial charge is 0.486 e. The fourth-order valence-corrected chi connectivity index (χ4v) is 3.41. The summed E-state index contributed by atoms with van der Waals surface area (Å²) in [5.74, 6) is 1.13. The van der Waals surface area contributed by atoms with E-state index in [1.165, 1.54) is 0 Å². The lowest BCUT2D eigenvalue weighted by atomic mass is 10.1. The van der Waals surface area contributed by atoms with E-state index in [0.29, 0.717) is 30.3 Å². The number of benzene rings is 2. The van der Waals surface area contributed by atoms with E-state index in [-0.39, 0.29) is 5.78 Å². The molecule has 1 aliphatic rings. The van der Waals surface area contributed by atoms with Gasteiger partial charge in [-0.2, -0.15) is 5.10 Å². The Labute approximate surface area is 179 Å². The highest BCUT2D eigenvalue weighted by Crippen LogP contribution is 2.31. The molecule has 0 bridgehead atoms. The standard InChI is InChI=1S/C25H19N3O3/c29-22(18-9-11-23-24(15-18)31-14-13-30-23)10-8-20-17-28(21-6-2-1-3-7-21)27-25(20)19-5-4-12-26-16-19/h1-12,15-17H,13-14H2/b10-8+. The van der Waals surface area contributed by atoms with E-state index in [1.54, 1.807) is 47.4 Å². The van der Waals surface area contributed by atoms with Crippen LogP contribution in [0.5, 0.6) is 11.5 Å². The van der Waals surface area contributed by atoms with E-state index in [1.807, 2.05) is 48.7 Å². The Bertz CT molecular complexity index is 1250. The zero-order valence-electron chi connectivity index (χ0n) is 16.6. The summed E-state index contributed by atoms with van der Waals surface area (Å²) in [4.78, 5) is 17.0. The molecular formula is C25H19N3O3. The minimum absolute atomic E-state index is 0.124. The van der Waals surface area contributed by atoms with Crippen LogP contribution in [0, 0.1) is 0 Å². The predicted octanol–water partition coefficient (Wildman–Crippen LogP) is 4.60. The Morgan fingerprint density at radius 3 is 2.61 bits per heavy atom. The predicted molar refractivity (Wildman–Crippen MR) is 118 cm³/mol. The Kier molecular flexibility index (Phi) is 5.02. The quantitative estimate of drug-likeness (QED) is 0.356. The Morgan fingerprint density at radius 1 is 0.968 bits per heavy atom. The molecule has 1 aliphatic heterocycles. The van der Waals surface area contributed by atoms with Crippen LogP contribution in [-0.4, -0.2) is 33.8 Å². The van der Waals surface area contributed by atoms with Crippen LogP contribution < -0.4 is 9.47 Å². The molecule has 2 aromatic carbocycles. The van der Waals surface area contributed by atoms with Crippen LogP contribution in [0.4, 0.5) is 0 Å². The van der Waals surface area contributed by atoms with Crippen molar-refractivity contribution in [1.82, 2.24) is 14.8 Å². The number of carbonyl (C=O) groups is 1. The smallest absolute Gasteiger partial charge is 0.185 e. The maximum Gasteiger partial charge on any atom is 0.185 e. The van der Waals surface area contributed by atoms with Crippen molar-refractivity contribution in [3.63, 3.8) is 0 Å². The summed E-state index contributed by atoms with van der Waals surface area (Å²) in [6, 6.07) is 18.9. The number of ketones is 1. The molecule has 6 nitrogen and oxygen atoms in total. The van der Waals surface area contributed by atoms with Crippen molar-refractivity contribution in [2.75, 3.05) is 13.2 Å². The first-order chi connectivity index (χ1) is 15.3. The van der Waals surface area contributed by atoms with Gasteiger partial charge in [-0.05, 0) is 54.6 Å². The van der Waals surface area contributed by atoms with Crippen molar-refractivity contribution in [2.24, 2.45) is 0 Å². The van der Waals surface area contributed by atoms with E-state index >= 15 is 0 Å². The molecule has 3 heterocycles. The zero-order valence-corrected chi connectivity index (χ0v) is 16.6. The van der Waals surface area contributed by atoms with Crippen LogP contribution in [-0.2, 0) is 0 Å². The summed E-state index contributed by atoms with van der Waals surface area (Å²) >= 11 is 0. The molecule has 0 amide bonds. The van der Waals surface area contributed by atoms with Crippen LogP contribution >= 0.6 is 0 Å². The molecule has 152 valence electrons. The molecule has 6 heteroatoms. The third-order valence-corrected chi connectivity index (χ3v) is 4.94. The second-order valence-corrected chi connectivity index (χ2v) is 7.01. The molecule has 0 spiro atoms. The lowest BCUT2D eigenvalue weighted by molar-refractivity contribution is 0.104. The van der Waals surface area contributed by atoms with Crippen molar-refractivity contribution < 1.29 is 14.3 Å². The third kappa shape index (κ3) is 3.96. The molecule has 0 atom stereocenters. The summed E-state index contributed by atoms with van der Waals surface area (Å²) in [5.41, 5.74) is 3.93. The number of fused-ring (bicyclic) bond motifs is 1. The summed E-state index contributed by atoms with van der Waals surface area (Å²) in [6.07, 6.45) is 8.73. The fraction of sp³-hybridized carbons (Fsp3) is 0.0800. The molecule has 0 N–H and O–H groups in total. The lowest BCUT2D eigenvalue weighted by Gasteiger charge is -2.18. The van der Waals surface area contributed by atoms with Crippen molar-refractivity contribution in [3.05, 3.63) is 96.5 Å². The first-order valence-electron chi connectivity index (χ1n) is 9.95. The molecule has 31 heavy (non-hydrogen) atoms. The van der Waals surface area contributed by atoms with E-state index in [9.17, 15) is 4.79 Å². The van der Waals surface area contributed by atoms with Crippen LogP contribution in [0.2, 0.25) is 0 Å². The normalized spacial score (nSPS) is 12.8. The first kappa shape index (κ1) is 18.8. The fourth-order valence-electron chi connectivity index (χ4n) is 3.41. The van der Waals surface area contributed by atoms with E-state index in [0.717, 1.165) is 22.5 Å². The number of aromatic nitrogens is 3. The number of ether oxygens (including phenoxy) is 2. The van der Waals surface area contributed by atoms with Gasteiger partial charge < -0.3 is 9.47 Å². The van der Waals surface area contributed by atoms with Gasteiger partial charge >= 0.3 is 0 Å². The van der Waals surface area contributed by atoms with E-state index < -0.39 is 0 Å². The lowest BCUT2D eigenvalue weighted by Crippen LogP contribution is -2.15. The molecule has 0 aliphatic carbocycles. The van der Waals surface area contributed by atoms with Crippen molar-refractivity contribution >= 4 is 11.9 Å². The maximum absolute atomic E-state index is 12.8. The van der Waals surface area contributed by atoms with Gasteiger partial charge in [-0.3, -0.25) is 9.78 Å². The number of carbonyl (C=O) groups excluding carboxylic acids is 1. The molecule has 0 fully saturated rings. The molecule has 5 rings (SSSR count). The topological polar surface area (TPSA) is 66.2 Å². The summed E-state index contributed by atoms with van der Waals surface area (Å²) < 4.78 is 12.9. The van der Waals surface area contributed by atoms with E-state index in [4.69, 9.17) is 14.6 Å². The zero-order chi connectivity index (χ0) is 21.0. The molecule has 2 aromatic heterocycles. The second kappa shape index (κ2) is 8.28. The first-order valence-corrected chi connectivity index (χ1v) is 9.95. The summed E-state index contributed by atoms with van der Waals surface area (Å²) in [5, 5.41) is 4.74. The van der Waals surface area contributed by atoms with Crippen molar-refractivity contribution in [2.45, 2.75) is 0 Å². The van der Waals surface area contributed by atoms with Crippen molar-refractivity contribution in [3.8, 4) is 28.4 Å². The van der Waals surface area contributed by atoms with Gasteiger partial charge in [0.15, 0.2) is 17.3 Å². The van der Waals surface area contributed by atoms with Gasteiger partial charge in [0.25, 0.3) is 0 Å². The average Bonchev–Trinajstić information content (AvgIpc) is 3.28. The van der Waals surface area contributed by atoms with Crippen LogP contribution in [0.15, 0.2) is 85.3 Å². The van der Waals surface area contributed by atoms with Gasteiger partial charge in [0.1, 0.15) is 18.9 Å².